The van der Waals surface area contributed by atoms with Gasteiger partial charge in [0.1, 0.15) is 0 Å². The molecule has 0 heterocycles. The molecule has 2 heteroatoms. The molecule has 0 radical (unpaired) electrons. The average Bonchev–Trinajstić information content (AvgIpc) is 2.23. The molecule has 92 valence electrons. The van der Waals surface area contributed by atoms with Crippen LogP contribution in [0.3, 0.4) is 0 Å². The summed E-state index contributed by atoms with van der Waals surface area (Å²) in [5.74, 6) is 0. The molecule has 16 heavy (non-hydrogen) atoms. The number of rotatable bonds is 2. The molecular formula is C14H24ClN. The lowest BCUT2D eigenvalue weighted by molar-refractivity contribution is 0.686. The van der Waals surface area contributed by atoms with E-state index >= 15 is 0 Å². The Hall–Kier alpha value is -0.530. The zero-order chi connectivity index (χ0) is 11.7. The molecule has 0 aliphatic carbocycles. The molecule has 1 aromatic carbocycles. The molecule has 0 aliphatic rings. The fraction of sp³-hybridized carbons (Fsp3) is 0.571. The van der Waals surface area contributed by atoms with E-state index in [1.54, 1.807) is 0 Å². The molecule has 0 aliphatic heterocycles. The molecule has 1 aromatic rings. The van der Waals surface area contributed by atoms with Crippen LogP contribution in [0.15, 0.2) is 0 Å². The highest BCUT2D eigenvalue weighted by molar-refractivity contribution is 5.85. The normalized spacial score (nSPS) is 12.2. The third kappa shape index (κ3) is 2.41. The van der Waals surface area contributed by atoms with Gasteiger partial charge in [0.25, 0.3) is 0 Å². The summed E-state index contributed by atoms with van der Waals surface area (Å²) in [5.41, 5.74) is 14.5. The predicted octanol–water partition coefficient (Wildman–Crippen LogP) is 4.06. The minimum absolute atomic E-state index is 0. The van der Waals surface area contributed by atoms with Gasteiger partial charge in [-0.15, -0.1) is 12.4 Å². The van der Waals surface area contributed by atoms with Gasteiger partial charge in [-0.25, -0.2) is 0 Å². The van der Waals surface area contributed by atoms with Crippen LogP contribution in [0.5, 0.6) is 0 Å². The van der Waals surface area contributed by atoms with Crippen LogP contribution in [0.25, 0.3) is 0 Å². The van der Waals surface area contributed by atoms with Crippen molar-refractivity contribution in [2.45, 2.75) is 54.0 Å². The molecule has 0 saturated carbocycles. The van der Waals surface area contributed by atoms with Crippen LogP contribution in [0.2, 0.25) is 0 Å². The topological polar surface area (TPSA) is 26.0 Å². The predicted molar refractivity (Wildman–Crippen MR) is 74.6 cm³/mol. The van der Waals surface area contributed by atoms with Crippen molar-refractivity contribution in [2.75, 3.05) is 0 Å². The Bertz CT molecular complexity index is 354. The highest BCUT2D eigenvalue weighted by atomic mass is 35.5. The summed E-state index contributed by atoms with van der Waals surface area (Å²) < 4.78 is 0. The summed E-state index contributed by atoms with van der Waals surface area (Å²) in [6.45, 7) is 13.1. The van der Waals surface area contributed by atoms with Crippen molar-refractivity contribution in [3.05, 3.63) is 33.4 Å². The van der Waals surface area contributed by atoms with Gasteiger partial charge in [-0.05, 0) is 74.4 Å². The maximum Gasteiger partial charge on any atom is 0.0297 e. The van der Waals surface area contributed by atoms with Gasteiger partial charge in [-0.3, -0.25) is 0 Å². The Kier molecular flexibility index (Phi) is 5.51. The van der Waals surface area contributed by atoms with E-state index in [1.807, 2.05) is 0 Å². The summed E-state index contributed by atoms with van der Waals surface area (Å²) >= 11 is 0. The summed E-state index contributed by atoms with van der Waals surface area (Å²) in [6.07, 6.45) is 1.00. The largest absolute Gasteiger partial charge is 0.324 e. The summed E-state index contributed by atoms with van der Waals surface area (Å²) in [7, 11) is 0. The van der Waals surface area contributed by atoms with Crippen molar-refractivity contribution in [3.8, 4) is 0 Å². The molecular weight excluding hydrogens is 218 g/mol. The van der Waals surface area contributed by atoms with Crippen molar-refractivity contribution < 1.29 is 0 Å². The quantitative estimate of drug-likeness (QED) is 0.830. The molecule has 1 atom stereocenters. The number of hydrogen-bond donors (Lipinski definition) is 1. The first-order valence-corrected chi connectivity index (χ1v) is 5.74. The summed E-state index contributed by atoms with van der Waals surface area (Å²) in [5, 5.41) is 0. The van der Waals surface area contributed by atoms with Gasteiger partial charge in [0, 0.05) is 6.04 Å². The van der Waals surface area contributed by atoms with Gasteiger partial charge in [0.05, 0.1) is 0 Å². The number of benzene rings is 1. The average molecular weight is 242 g/mol. The maximum absolute atomic E-state index is 6.18. The first-order valence-electron chi connectivity index (χ1n) is 5.74. The second-order valence-electron chi connectivity index (χ2n) is 4.55. The van der Waals surface area contributed by atoms with Crippen LogP contribution in [0.1, 0.15) is 52.8 Å². The van der Waals surface area contributed by atoms with E-state index in [0.717, 1.165) is 6.42 Å². The summed E-state index contributed by atoms with van der Waals surface area (Å²) in [6, 6.07) is 0.183. The van der Waals surface area contributed by atoms with Crippen LogP contribution in [-0.4, -0.2) is 0 Å². The van der Waals surface area contributed by atoms with Gasteiger partial charge in [0.2, 0.25) is 0 Å². The molecule has 0 unspecified atom stereocenters. The molecule has 1 nitrogen and oxygen atoms in total. The zero-order valence-electron chi connectivity index (χ0n) is 11.3. The molecule has 0 aromatic heterocycles. The molecule has 1 rings (SSSR count). The van der Waals surface area contributed by atoms with Crippen LogP contribution in [0, 0.1) is 34.6 Å². The molecule has 0 amide bonds. The second-order valence-corrected chi connectivity index (χ2v) is 4.55. The minimum atomic E-state index is 0. The third-order valence-electron chi connectivity index (χ3n) is 3.87. The van der Waals surface area contributed by atoms with E-state index in [1.165, 1.54) is 33.4 Å². The fourth-order valence-electron chi connectivity index (χ4n) is 2.29. The Morgan fingerprint density at radius 2 is 1.12 bits per heavy atom. The molecule has 0 bridgehead atoms. The first-order chi connectivity index (χ1) is 6.91. The minimum Gasteiger partial charge on any atom is -0.324 e. The Morgan fingerprint density at radius 1 is 0.812 bits per heavy atom. The monoisotopic (exact) mass is 241 g/mol. The maximum atomic E-state index is 6.18. The Morgan fingerprint density at radius 3 is 1.44 bits per heavy atom. The number of halogens is 1. The van der Waals surface area contributed by atoms with Crippen molar-refractivity contribution in [1.29, 1.82) is 0 Å². The van der Waals surface area contributed by atoms with Crippen LogP contribution < -0.4 is 5.73 Å². The molecule has 0 fully saturated rings. The highest BCUT2D eigenvalue weighted by Gasteiger charge is 2.15. The zero-order valence-corrected chi connectivity index (χ0v) is 12.1. The van der Waals surface area contributed by atoms with E-state index in [2.05, 4.69) is 41.5 Å². The van der Waals surface area contributed by atoms with E-state index in [0.29, 0.717) is 0 Å². The standard InChI is InChI=1S/C14H23N.ClH/c1-7-13(15)14-11(5)9(3)8(2)10(4)12(14)6;/h13H,7,15H2,1-6H3;1H/t13-;/m1./s1. The van der Waals surface area contributed by atoms with Crippen molar-refractivity contribution in [1.82, 2.24) is 0 Å². The molecule has 0 saturated heterocycles. The highest BCUT2D eigenvalue weighted by Crippen LogP contribution is 2.30. The van der Waals surface area contributed by atoms with Gasteiger partial charge in [-0.2, -0.15) is 0 Å². The SMILES string of the molecule is CC[C@@H](N)c1c(C)c(C)c(C)c(C)c1C.Cl. The molecule has 0 spiro atoms. The number of hydrogen-bond acceptors (Lipinski definition) is 1. The Balaban J connectivity index is 0.00000225. The van der Waals surface area contributed by atoms with Crippen LogP contribution in [0.4, 0.5) is 0 Å². The lowest BCUT2D eigenvalue weighted by atomic mass is 9.86. The fourth-order valence-corrected chi connectivity index (χ4v) is 2.29. The van der Waals surface area contributed by atoms with Crippen LogP contribution in [-0.2, 0) is 0 Å². The smallest absolute Gasteiger partial charge is 0.0297 e. The lowest BCUT2D eigenvalue weighted by Gasteiger charge is -2.22. The van der Waals surface area contributed by atoms with Crippen molar-refractivity contribution in [3.63, 3.8) is 0 Å². The van der Waals surface area contributed by atoms with Crippen molar-refractivity contribution >= 4 is 12.4 Å². The first kappa shape index (κ1) is 15.5. The van der Waals surface area contributed by atoms with E-state index < -0.39 is 0 Å². The molecule has 2 N–H and O–H groups in total. The van der Waals surface area contributed by atoms with Gasteiger partial charge in [-0.1, -0.05) is 6.92 Å². The third-order valence-corrected chi connectivity index (χ3v) is 3.87. The van der Waals surface area contributed by atoms with Crippen LogP contribution >= 0.6 is 12.4 Å². The van der Waals surface area contributed by atoms with E-state index in [-0.39, 0.29) is 18.4 Å². The number of nitrogens with two attached hydrogens (primary N) is 1. The van der Waals surface area contributed by atoms with E-state index in [9.17, 15) is 0 Å². The van der Waals surface area contributed by atoms with Crippen molar-refractivity contribution in [2.24, 2.45) is 5.73 Å². The van der Waals surface area contributed by atoms with Gasteiger partial charge in [0.15, 0.2) is 0 Å². The second kappa shape index (κ2) is 5.70. The summed E-state index contributed by atoms with van der Waals surface area (Å²) in [4.78, 5) is 0. The lowest BCUT2D eigenvalue weighted by Crippen LogP contribution is -2.14. The van der Waals surface area contributed by atoms with E-state index in [4.69, 9.17) is 5.73 Å². The van der Waals surface area contributed by atoms with Gasteiger partial charge >= 0.3 is 0 Å². The van der Waals surface area contributed by atoms with Gasteiger partial charge < -0.3 is 5.73 Å². The Labute approximate surface area is 106 Å².